The van der Waals surface area contributed by atoms with Crippen LogP contribution in [0, 0.1) is 6.92 Å². The quantitative estimate of drug-likeness (QED) is 0.583. The van der Waals surface area contributed by atoms with Crippen LogP contribution in [0.1, 0.15) is 22.7 Å². The van der Waals surface area contributed by atoms with Crippen LogP contribution in [0.3, 0.4) is 0 Å². The summed E-state index contributed by atoms with van der Waals surface area (Å²) < 4.78 is 5.70. The van der Waals surface area contributed by atoms with Crippen LogP contribution < -0.4 is 4.74 Å². The van der Waals surface area contributed by atoms with E-state index < -0.39 is 0 Å². The Morgan fingerprint density at radius 3 is 2.04 bits per heavy atom. The van der Waals surface area contributed by atoms with Crippen molar-refractivity contribution >= 4 is 17.5 Å². The van der Waals surface area contributed by atoms with Crippen LogP contribution in [0.15, 0.2) is 78.9 Å². The molecule has 4 heteroatoms. The predicted octanol–water partition coefficient (Wildman–Crippen LogP) is 5.28. The summed E-state index contributed by atoms with van der Waals surface area (Å²) in [4.78, 5) is 14.6. The number of halogens is 1. The minimum atomic E-state index is -0.171. The number of rotatable bonds is 6. The molecule has 0 N–H and O–H groups in total. The third kappa shape index (κ3) is 4.69. The molecule has 0 atom stereocenters. The number of ether oxygens (including phenoxy) is 1. The Bertz CT molecular complexity index is 857. The molecule has 0 bridgehead atoms. The third-order valence-electron chi connectivity index (χ3n) is 4.50. The third-order valence-corrected chi connectivity index (χ3v) is 4.93. The van der Waals surface area contributed by atoms with Crippen molar-refractivity contribution in [3.05, 3.63) is 101 Å². The van der Waals surface area contributed by atoms with Gasteiger partial charge in [0.25, 0.3) is 5.91 Å². The molecule has 0 aromatic heterocycles. The lowest BCUT2D eigenvalue weighted by Gasteiger charge is -2.29. The van der Waals surface area contributed by atoms with E-state index in [-0.39, 0.29) is 18.6 Å². The summed E-state index contributed by atoms with van der Waals surface area (Å²) >= 11 is 6.04. The van der Waals surface area contributed by atoms with Crippen molar-refractivity contribution in [2.24, 2.45) is 0 Å². The number of aryl methyl sites for hydroxylation is 1. The van der Waals surface area contributed by atoms with Gasteiger partial charge in [0.2, 0.25) is 0 Å². The summed E-state index contributed by atoms with van der Waals surface area (Å²) in [6.45, 7) is 1.87. The molecular formula is C23H22ClNO2. The fourth-order valence-corrected chi connectivity index (χ4v) is 3.13. The van der Waals surface area contributed by atoms with Gasteiger partial charge in [0.05, 0.1) is 6.04 Å². The minimum absolute atomic E-state index is 0.0340. The SMILES string of the molecule is Cc1cc(OCC(=O)N(C)C(c2ccccc2)c2ccccc2)ccc1Cl. The topological polar surface area (TPSA) is 29.5 Å². The first-order valence-corrected chi connectivity index (χ1v) is 9.18. The number of nitrogens with zero attached hydrogens (tertiary/aromatic N) is 1. The Labute approximate surface area is 165 Å². The van der Waals surface area contributed by atoms with Gasteiger partial charge in [-0.15, -0.1) is 0 Å². The number of hydrogen-bond acceptors (Lipinski definition) is 2. The zero-order chi connectivity index (χ0) is 19.2. The first-order chi connectivity index (χ1) is 13.1. The number of carbonyl (C=O) groups excluding carboxylic acids is 1. The van der Waals surface area contributed by atoms with Gasteiger partial charge in [-0.3, -0.25) is 4.79 Å². The van der Waals surface area contributed by atoms with Gasteiger partial charge >= 0.3 is 0 Å². The molecule has 0 radical (unpaired) electrons. The molecule has 0 spiro atoms. The van der Waals surface area contributed by atoms with Crippen LogP contribution in [0.25, 0.3) is 0 Å². The Hall–Kier alpha value is -2.78. The van der Waals surface area contributed by atoms with Gasteiger partial charge in [0, 0.05) is 12.1 Å². The molecule has 27 heavy (non-hydrogen) atoms. The van der Waals surface area contributed by atoms with Crippen LogP contribution in [-0.4, -0.2) is 24.5 Å². The summed E-state index contributed by atoms with van der Waals surface area (Å²) in [6.07, 6.45) is 0. The van der Waals surface area contributed by atoms with E-state index in [1.54, 1.807) is 17.0 Å². The highest BCUT2D eigenvalue weighted by Gasteiger charge is 2.23. The highest BCUT2D eigenvalue weighted by molar-refractivity contribution is 6.31. The lowest BCUT2D eigenvalue weighted by molar-refractivity contribution is -0.133. The molecule has 3 nitrogen and oxygen atoms in total. The second-order valence-electron chi connectivity index (χ2n) is 6.43. The zero-order valence-corrected chi connectivity index (χ0v) is 16.2. The fourth-order valence-electron chi connectivity index (χ4n) is 3.01. The average molecular weight is 380 g/mol. The van der Waals surface area contributed by atoms with E-state index in [9.17, 15) is 4.79 Å². The van der Waals surface area contributed by atoms with E-state index in [2.05, 4.69) is 0 Å². The summed E-state index contributed by atoms with van der Waals surface area (Å²) in [5.41, 5.74) is 3.03. The Kier molecular flexibility index (Phi) is 6.15. The monoisotopic (exact) mass is 379 g/mol. The van der Waals surface area contributed by atoms with Crippen LogP contribution in [0.2, 0.25) is 5.02 Å². The highest BCUT2D eigenvalue weighted by atomic mass is 35.5. The maximum atomic E-state index is 12.8. The summed E-state index contributed by atoms with van der Waals surface area (Å²) in [7, 11) is 1.81. The van der Waals surface area contributed by atoms with E-state index in [1.165, 1.54) is 0 Å². The first kappa shape index (κ1) is 19.0. The molecule has 138 valence electrons. The normalized spacial score (nSPS) is 10.7. The molecule has 0 aliphatic heterocycles. The van der Waals surface area contributed by atoms with Gasteiger partial charge < -0.3 is 9.64 Å². The van der Waals surface area contributed by atoms with E-state index in [0.717, 1.165) is 16.7 Å². The van der Waals surface area contributed by atoms with Crippen molar-refractivity contribution in [2.45, 2.75) is 13.0 Å². The molecule has 0 fully saturated rings. The van der Waals surface area contributed by atoms with Crippen LogP contribution in [-0.2, 0) is 4.79 Å². The lowest BCUT2D eigenvalue weighted by Crippen LogP contribution is -2.35. The molecule has 0 unspecified atom stereocenters. The van der Waals surface area contributed by atoms with E-state index in [0.29, 0.717) is 10.8 Å². The zero-order valence-electron chi connectivity index (χ0n) is 15.4. The van der Waals surface area contributed by atoms with Crippen molar-refractivity contribution in [2.75, 3.05) is 13.7 Å². The summed E-state index contributed by atoms with van der Waals surface area (Å²) in [5, 5.41) is 0.680. The van der Waals surface area contributed by atoms with Gasteiger partial charge in [-0.1, -0.05) is 72.3 Å². The van der Waals surface area contributed by atoms with Gasteiger partial charge in [-0.25, -0.2) is 0 Å². The van der Waals surface area contributed by atoms with Gasteiger partial charge in [-0.05, 0) is 41.8 Å². The number of likely N-dealkylation sites (N-methyl/N-ethyl adjacent to an activating group) is 1. The van der Waals surface area contributed by atoms with Crippen molar-refractivity contribution in [3.8, 4) is 5.75 Å². The Morgan fingerprint density at radius 2 is 1.52 bits per heavy atom. The van der Waals surface area contributed by atoms with Gasteiger partial charge in [0.1, 0.15) is 5.75 Å². The molecule has 0 aliphatic carbocycles. The second-order valence-corrected chi connectivity index (χ2v) is 6.84. The molecular weight excluding hydrogens is 358 g/mol. The molecule has 3 aromatic carbocycles. The van der Waals surface area contributed by atoms with E-state index >= 15 is 0 Å². The minimum Gasteiger partial charge on any atom is -0.484 e. The molecule has 0 aliphatic rings. The largest absolute Gasteiger partial charge is 0.484 e. The van der Waals surface area contributed by atoms with Crippen LogP contribution in [0.5, 0.6) is 5.75 Å². The summed E-state index contributed by atoms with van der Waals surface area (Å²) in [6, 6.07) is 25.2. The molecule has 0 heterocycles. The summed E-state index contributed by atoms with van der Waals surface area (Å²) in [5.74, 6) is 0.537. The maximum absolute atomic E-state index is 12.8. The van der Waals surface area contributed by atoms with E-state index in [4.69, 9.17) is 16.3 Å². The first-order valence-electron chi connectivity index (χ1n) is 8.81. The molecule has 0 saturated heterocycles. The van der Waals surface area contributed by atoms with Crippen LogP contribution in [0.4, 0.5) is 0 Å². The number of hydrogen-bond donors (Lipinski definition) is 0. The molecule has 3 rings (SSSR count). The lowest BCUT2D eigenvalue weighted by atomic mass is 9.97. The number of amides is 1. The fraction of sp³-hybridized carbons (Fsp3) is 0.174. The second kappa shape index (κ2) is 8.74. The highest BCUT2D eigenvalue weighted by Crippen LogP contribution is 2.28. The molecule has 1 amide bonds. The maximum Gasteiger partial charge on any atom is 0.261 e. The average Bonchev–Trinajstić information content (AvgIpc) is 2.70. The van der Waals surface area contributed by atoms with Crippen LogP contribution >= 0.6 is 11.6 Å². The van der Waals surface area contributed by atoms with Crippen molar-refractivity contribution in [1.29, 1.82) is 0 Å². The van der Waals surface area contributed by atoms with Crippen molar-refractivity contribution in [1.82, 2.24) is 4.90 Å². The smallest absolute Gasteiger partial charge is 0.261 e. The Morgan fingerprint density at radius 1 is 0.963 bits per heavy atom. The standard InChI is InChI=1S/C23H22ClNO2/c1-17-15-20(13-14-21(17)24)27-16-22(26)25(2)23(18-9-5-3-6-10-18)19-11-7-4-8-12-19/h3-15,23H,16H2,1-2H3. The predicted molar refractivity (Wildman–Crippen MR) is 109 cm³/mol. The van der Waals surface area contributed by atoms with E-state index in [1.807, 2.05) is 80.7 Å². The Balaban J connectivity index is 1.78. The number of benzene rings is 3. The van der Waals surface area contributed by atoms with Crippen molar-refractivity contribution < 1.29 is 9.53 Å². The number of carbonyl (C=O) groups is 1. The van der Waals surface area contributed by atoms with Crippen molar-refractivity contribution in [3.63, 3.8) is 0 Å². The molecule has 3 aromatic rings. The van der Waals surface area contributed by atoms with Gasteiger partial charge in [-0.2, -0.15) is 0 Å². The van der Waals surface area contributed by atoms with Gasteiger partial charge in [0.15, 0.2) is 6.61 Å². The molecule has 0 saturated carbocycles.